The fraction of sp³-hybridized carbons (Fsp3) is 0.895. The molecular formula is C19H40IN5O. The predicted molar refractivity (Wildman–Crippen MR) is 121 cm³/mol. The maximum absolute atomic E-state index is 12.1. The van der Waals surface area contributed by atoms with E-state index < -0.39 is 0 Å². The average molecular weight is 481 g/mol. The summed E-state index contributed by atoms with van der Waals surface area (Å²) >= 11 is 0. The van der Waals surface area contributed by atoms with Crippen LogP contribution < -0.4 is 16.0 Å². The summed E-state index contributed by atoms with van der Waals surface area (Å²) in [5.41, 5.74) is 0. The molecule has 1 aliphatic carbocycles. The summed E-state index contributed by atoms with van der Waals surface area (Å²) in [5.74, 6) is 0.762. The molecule has 0 spiro atoms. The van der Waals surface area contributed by atoms with Crippen molar-refractivity contribution in [3.8, 4) is 0 Å². The minimum Gasteiger partial charge on any atom is -0.354 e. The second kappa shape index (κ2) is 15.5. The number of nitrogens with one attached hydrogen (secondary N) is 3. The summed E-state index contributed by atoms with van der Waals surface area (Å²) in [6.45, 7) is 10.2. The smallest absolute Gasteiger partial charge is 0.239 e. The van der Waals surface area contributed by atoms with Crippen LogP contribution in [-0.2, 0) is 4.79 Å². The molecule has 1 aliphatic rings. The Hall–Kier alpha value is -0.570. The Bertz CT molecular complexity index is 395. The number of carbonyl (C=O) groups is 1. The molecule has 0 aromatic heterocycles. The Morgan fingerprint density at radius 3 is 2.42 bits per heavy atom. The fourth-order valence-corrected chi connectivity index (χ4v) is 3.35. The van der Waals surface area contributed by atoms with E-state index in [1.54, 1.807) is 7.05 Å². The monoisotopic (exact) mass is 481 g/mol. The largest absolute Gasteiger partial charge is 0.354 e. The van der Waals surface area contributed by atoms with Crippen molar-refractivity contribution in [3.05, 3.63) is 0 Å². The minimum atomic E-state index is 0. The van der Waals surface area contributed by atoms with Crippen molar-refractivity contribution >= 4 is 35.8 Å². The van der Waals surface area contributed by atoms with Gasteiger partial charge in [0, 0.05) is 19.1 Å². The van der Waals surface area contributed by atoms with Crippen LogP contribution in [0.2, 0.25) is 0 Å². The third-order valence-electron chi connectivity index (χ3n) is 5.00. The van der Waals surface area contributed by atoms with E-state index >= 15 is 0 Å². The number of guanidine groups is 1. The van der Waals surface area contributed by atoms with Gasteiger partial charge in [-0.1, -0.05) is 33.1 Å². The van der Waals surface area contributed by atoms with Crippen LogP contribution in [0.15, 0.2) is 4.99 Å². The van der Waals surface area contributed by atoms with Crippen LogP contribution in [0.1, 0.15) is 65.7 Å². The Balaban J connectivity index is 0.00000625. The second-order valence-electron chi connectivity index (χ2n) is 7.04. The lowest BCUT2D eigenvalue weighted by molar-refractivity contribution is -0.120. The van der Waals surface area contributed by atoms with E-state index in [0.717, 1.165) is 45.3 Å². The minimum absolute atomic E-state index is 0. The Kier molecular flexibility index (Phi) is 15.1. The van der Waals surface area contributed by atoms with Crippen LogP contribution in [-0.4, -0.2) is 62.1 Å². The highest BCUT2D eigenvalue weighted by Gasteiger charge is 2.15. The van der Waals surface area contributed by atoms with Crippen LogP contribution in [0, 0.1) is 0 Å². The molecule has 0 aromatic rings. The third kappa shape index (κ3) is 11.2. The van der Waals surface area contributed by atoms with E-state index in [-0.39, 0.29) is 36.4 Å². The molecular weight excluding hydrogens is 441 g/mol. The lowest BCUT2D eigenvalue weighted by atomic mass is 9.95. The van der Waals surface area contributed by atoms with Crippen LogP contribution in [0.4, 0.5) is 0 Å². The van der Waals surface area contributed by atoms with Crippen molar-refractivity contribution in [1.29, 1.82) is 0 Å². The van der Waals surface area contributed by atoms with Crippen molar-refractivity contribution in [2.45, 2.75) is 77.8 Å². The van der Waals surface area contributed by atoms with E-state index in [0.29, 0.717) is 18.0 Å². The van der Waals surface area contributed by atoms with Crippen molar-refractivity contribution in [2.75, 3.05) is 33.2 Å². The molecule has 0 aliphatic heterocycles. The van der Waals surface area contributed by atoms with Gasteiger partial charge in [0.2, 0.25) is 5.91 Å². The van der Waals surface area contributed by atoms with Crippen LogP contribution in [0.25, 0.3) is 0 Å². The van der Waals surface area contributed by atoms with E-state index in [2.05, 4.69) is 46.6 Å². The lowest BCUT2D eigenvalue weighted by Gasteiger charge is -2.23. The van der Waals surface area contributed by atoms with E-state index in [4.69, 9.17) is 0 Å². The molecule has 1 fully saturated rings. The molecule has 1 atom stereocenters. The van der Waals surface area contributed by atoms with Gasteiger partial charge in [-0.25, -0.2) is 0 Å². The molecule has 1 unspecified atom stereocenters. The highest BCUT2D eigenvalue weighted by atomic mass is 127. The van der Waals surface area contributed by atoms with Crippen molar-refractivity contribution in [3.63, 3.8) is 0 Å². The van der Waals surface area contributed by atoms with Gasteiger partial charge in [0.15, 0.2) is 5.96 Å². The SMILES string of the molecule is CCN(CC)CCCC(C)NC(=NC)NCC(=O)NC1CCCCC1.I. The summed E-state index contributed by atoms with van der Waals surface area (Å²) in [5, 5.41) is 9.62. The molecule has 3 N–H and O–H groups in total. The first-order valence-electron chi connectivity index (χ1n) is 10.1. The number of hydrogen-bond donors (Lipinski definition) is 3. The van der Waals surface area contributed by atoms with Crippen molar-refractivity contribution in [1.82, 2.24) is 20.9 Å². The maximum Gasteiger partial charge on any atom is 0.239 e. The van der Waals surface area contributed by atoms with Crippen LogP contribution in [0.3, 0.4) is 0 Å². The topological polar surface area (TPSA) is 68.8 Å². The summed E-state index contributed by atoms with van der Waals surface area (Å²) < 4.78 is 0. The number of nitrogens with zero attached hydrogens (tertiary/aromatic N) is 2. The molecule has 1 saturated carbocycles. The molecule has 0 radical (unpaired) electrons. The zero-order valence-corrected chi connectivity index (χ0v) is 19.5. The van der Waals surface area contributed by atoms with E-state index in [1.807, 2.05) is 0 Å². The quantitative estimate of drug-likeness (QED) is 0.255. The summed E-state index contributed by atoms with van der Waals surface area (Å²) in [6, 6.07) is 0.695. The van der Waals surface area contributed by atoms with Gasteiger partial charge in [-0.3, -0.25) is 9.79 Å². The van der Waals surface area contributed by atoms with Gasteiger partial charge < -0.3 is 20.9 Å². The molecule has 0 bridgehead atoms. The summed E-state index contributed by atoms with van der Waals surface area (Å²) in [6.07, 6.45) is 8.23. The number of amides is 1. The van der Waals surface area contributed by atoms with Gasteiger partial charge in [-0.15, -0.1) is 24.0 Å². The molecule has 6 nitrogen and oxygen atoms in total. The van der Waals surface area contributed by atoms with Gasteiger partial charge in [0.25, 0.3) is 0 Å². The molecule has 7 heteroatoms. The van der Waals surface area contributed by atoms with Gasteiger partial charge >= 0.3 is 0 Å². The zero-order chi connectivity index (χ0) is 18.5. The molecule has 1 amide bonds. The Labute approximate surface area is 177 Å². The standard InChI is InChI=1S/C19H39N5O.HI/c1-5-24(6-2)14-10-11-16(3)22-19(20-4)21-15-18(25)23-17-12-8-7-9-13-17;/h16-17H,5-15H2,1-4H3,(H,23,25)(H2,20,21,22);1H. The number of rotatable bonds is 10. The molecule has 26 heavy (non-hydrogen) atoms. The molecule has 0 aromatic carbocycles. The lowest BCUT2D eigenvalue weighted by Crippen LogP contribution is -2.48. The number of hydrogen-bond acceptors (Lipinski definition) is 3. The van der Waals surface area contributed by atoms with Crippen LogP contribution >= 0.6 is 24.0 Å². The Morgan fingerprint density at radius 1 is 1.19 bits per heavy atom. The molecule has 0 saturated heterocycles. The molecule has 0 heterocycles. The van der Waals surface area contributed by atoms with E-state index in [9.17, 15) is 4.79 Å². The highest BCUT2D eigenvalue weighted by Crippen LogP contribution is 2.17. The van der Waals surface area contributed by atoms with Crippen LogP contribution in [0.5, 0.6) is 0 Å². The van der Waals surface area contributed by atoms with Gasteiger partial charge in [0.1, 0.15) is 0 Å². The maximum atomic E-state index is 12.1. The van der Waals surface area contributed by atoms with Gasteiger partial charge in [0.05, 0.1) is 6.54 Å². The summed E-state index contributed by atoms with van der Waals surface area (Å²) in [7, 11) is 1.75. The number of carbonyl (C=O) groups excluding carboxylic acids is 1. The number of aliphatic imine (C=N–C) groups is 1. The predicted octanol–water partition coefficient (Wildman–Crippen LogP) is 2.73. The first-order valence-corrected chi connectivity index (χ1v) is 10.1. The van der Waals surface area contributed by atoms with Crippen molar-refractivity contribution in [2.24, 2.45) is 4.99 Å². The van der Waals surface area contributed by atoms with Crippen molar-refractivity contribution < 1.29 is 4.79 Å². The average Bonchev–Trinajstić information content (AvgIpc) is 2.63. The van der Waals surface area contributed by atoms with E-state index in [1.165, 1.54) is 19.3 Å². The summed E-state index contributed by atoms with van der Waals surface area (Å²) in [4.78, 5) is 18.7. The van der Waals surface area contributed by atoms with Gasteiger partial charge in [-0.05, 0) is 52.2 Å². The van der Waals surface area contributed by atoms with Gasteiger partial charge in [-0.2, -0.15) is 0 Å². The molecule has 1 rings (SSSR count). The fourth-order valence-electron chi connectivity index (χ4n) is 3.35. The zero-order valence-electron chi connectivity index (χ0n) is 17.1. The first-order chi connectivity index (χ1) is 12.1. The number of halogens is 1. The third-order valence-corrected chi connectivity index (χ3v) is 5.00. The normalized spacial score (nSPS) is 16.7. The molecule has 154 valence electrons. The highest BCUT2D eigenvalue weighted by molar-refractivity contribution is 14.0. The second-order valence-corrected chi connectivity index (χ2v) is 7.04. The Morgan fingerprint density at radius 2 is 1.85 bits per heavy atom. The first kappa shape index (κ1) is 25.4.